The summed E-state index contributed by atoms with van der Waals surface area (Å²) < 4.78 is 0. The third-order valence-electron chi connectivity index (χ3n) is 4.44. The molecule has 2 aromatic rings. The van der Waals surface area contributed by atoms with Crippen LogP contribution in [0.15, 0.2) is 54.6 Å². The van der Waals surface area contributed by atoms with Crippen LogP contribution < -0.4 is 0 Å². The minimum Gasteiger partial charge on any atom is -0.508 e. The number of phenolic OH excluding ortho intramolecular Hbond substituents is 1. The highest BCUT2D eigenvalue weighted by molar-refractivity contribution is 5.48. The molecule has 2 aromatic carbocycles. The third-order valence-corrected chi connectivity index (χ3v) is 4.44. The SMILES string of the molecule is CCC(c1ccccc1)(c1ccccc1O)C(C)(C)C. The van der Waals surface area contributed by atoms with Gasteiger partial charge in [0.15, 0.2) is 0 Å². The summed E-state index contributed by atoms with van der Waals surface area (Å²) in [6, 6.07) is 18.3. The first kappa shape index (κ1) is 14.6. The highest BCUT2D eigenvalue weighted by Gasteiger charge is 2.44. The monoisotopic (exact) mass is 268 g/mol. The van der Waals surface area contributed by atoms with E-state index in [0.717, 1.165) is 12.0 Å². The molecule has 1 nitrogen and oxygen atoms in total. The van der Waals surface area contributed by atoms with Crippen LogP contribution in [0.2, 0.25) is 0 Å². The minimum absolute atomic E-state index is 0.00192. The fraction of sp³-hybridized carbons (Fsp3) is 0.368. The molecule has 0 aliphatic rings. The van der Waals surface area contributed by atoms with E-state index >= 15 is 0 Å². The van der Waals surface area contributed by atoms with Crippen LogP contribution in [0.3, 0.4) is 0 Å². The molecule has 0 aromatic heterocycles. The van der Waals surface area contributed by atoms with E-state index in [1.165, 1.54) is 5.56 Å². The van der Waals surface area contributed by atoms with Gasteiger partial charge in [0.25, 0.3) is 0 Å². The summed E-state index contributed by atoms with van der Waals surface area (Å²) in [7, 11) is 0. The smallest absolute Gasteiger partial charge is 0.119 e. The second kappa shape index (κ2) is 5.32. The van der Waals surface area contributed by atoms with Crippen LogP contribution >= 0.6 is 0 Å². The van der Waals surface area contributed by atoms with Gasteiger partial charge in [-0.05, 0) is 23.5 Å². The first-order chi connectivity index (χ1) is 9.43. The average molecular weight is 268 g/mol. The summed E-state index contributed by atoms with van der Waals surface area (Å²) in [6.45, 7) is 8.94. The predicted molar refractivity (Wildman–Crippen MR) is 85.1 cm³/mol. The van der Waals surface area contributed by atoms with Crippen molar-refractivity contribution in [2.24, 2.45) is 5.41 Å². The van der Waals surface area contributed by atoms with Crippen LogP contribution in [-0.2, 0) is 5.41 Å². The maximum Gasteiger partial charge on any atom is 0.119 e. The number of hydrogen-bond donors (Lipinski definition) is 1. The number of rotatable bonds is 3. The third kappa shape index (κ3) is 2.22. The quantitative estimate of drug-likeness (QED) is 0.817. The van der Waals surface area contributed by atoms with Crippen molar-refractivity contribution in [3.05, 3.63) is 65.7 Å². The first-order valence-electron chi connectivity index (χ1n) is 7.27. The van der Waals surface area contributed by atoms with Crippen molar-refractivity contribution in [1.82, 2.24) is 0 Å². The molecule has 20 heavy (non-hydrogen) atoms. The molecule has 106 valence electrons. The Morgan fingerprint density at radius 3 is 1.90 bits per heavy atom. The Morgan fingerprint density at radius 2 is 1.40 bits per heavy atom. The van der Waals surface area contributed by atoms with Gasteiger partial charge in [0, 0.05) is 11.0 Å². The average Bonchev–Trinajstić information content (AvgIpc) is 2.42. The normalized spacial score (nSPS) is 14.8. The lowest BCUT2D eigenvalue weighted by molar-refractivity contribution is 0.214. The van der Waals surface area contributed by atoms with Crippen molar-refractivity contribution in [1.29, 1.82) is 0 Å². The lowest BCUT2D eigenvalue weighted by atomic mass is 9.57. The van der Waals surface area contributed by atoms with E-state index in [9.17, 15) is 5.11 Å². The van der Waals surface area contributed by atoms with Gasteiger partial charge in [-0.25, -0.2) is 0 Å². The summed E-state index contributed by atoms with van der Waals surface area (Å²) in [5, 5.41) is 10.4. The molecule has 1 atom stereocenters. The van der Waals surface area contributed by atoms with Crippen molar-refractivity contribution >= 4 is 0 Å². The van der Waals surface area contributed by atoms with Gasteiger partial charge in [-0.1, -0.05) is 76.2 Å². The van der Waals surface area contributed by atoms with E-state index in [-0.39, 0.29) is 10.8 Å². The molecule has 0 amide bonds. The molecule has 0 saturated carbocycles. The lowest BCUT2D eigenvalue weighted by Gasteiger charge is -2.46. The van der Waals surface area contributed by atoms with E-state index in [1.54, 1.807) is 6.07 Å². The van der Waals surface area contributed by atoms with E-state index in [1.807, 2.05) is 18.2 Å². The van der Waals surface area contributed by atoms with E-state index in [4.69, 9.17) is 0 Å². The second-order valence-corrected chi connectivity index (χ2v) is 6.39. The van der Waals surface area contributed by atoms with Crippen LogP contribution in [0.4, 0.5) is 0 Å². The van der Waals surface area contributed by atoms with Gasteiger partial charge in [0.2, 0.25) is 0 Å². The molecule has 0 aliphatic heterocycles. The first-order valence-corrected chi connectivity index (χ1v) is 7.27. The van der Waals surface area contributed by atoms with Crippen LogP contribution in [0, 0.1) is 5.41 Å². The van der Waals surface area contributed by atoms with Crippen LogP contribution in [0.25, 0.3) is 0 Å². The fourth-order valence-corrected chi connectivity index (χ4v) is 3.47. The molecular weight excluding hydrogens is 244 g/mol. The summed E-state index contributed by atoms with van der Waals surface area (Å²) >= 11 is 0. The van der Waals surface area contributed by atoms with Crippen LogP contribution in [0.1, 0.15) is 45.2 Å². The Bertz CT molecular complexity index is 566. The maximum absolute atomic E-state index is 10.4. The molecule has 1 unspecified atom stereocenters. The zero-order chi connectivity index (χ0) is 14.8. The molecule has 0 spiro atoms. The number of phenols is 1. The van der Waals surface area contributed by atoms with Gasteiger partial charge in [0.1, 0.15) is 5.75 Å². The topological polar surface area (TPSA) is 20.2 Å². The standard InChI is InChI=1S/C19H24O/c1-5-19(18(2,3)4,15-11-7-6-8-12-15)16-13-9-10-14-17(16)20/h6-14,20H,5H2,1-4H3. The Labute approximate surface area is 122 Å². The van der Waals surface area contributed by atoms with E-state index in [2.05, 4.69) is 58.0 Å². The maximum atomic E-state index is 10.4. The highest BCUT2D eigenvalue weighted by atomic mass is 16.3. The van der Waals surface area contributed by atoms with Gasteiger partial charge < -0.3 is 5.11 Å². The number of hydrogen-bond acceptors (Lipinski definition) is 1. The fourth-order valence-electron chi connectivity index (χ4n) is 3.47. The van der Waals surface area contributed by atoms with Crippen molar-refractivity contribution in [3.63, 3.8) is 0 Å². The van der Waals surface area contributed by atoms with Crippen molar-refractivity contribution in [2.75, 3.05) is 0 Å². The Balaban J connectivity index is 2.77. The summed E-state index contributed by atoms with van der Waals surface area (Å²) in [6.07, 6.45) is 0.943. The molecule has 1 heteroatoms. The van der Waals surface area contributed by atoms with E-state index in [0.29, 0.717) is 5.75 Å². The molecule has 0 radical (unpaired) electrons. The van der Waals surface area contributed by atoms with Gasteiger partial charge in [0.05, 0.1) is 0 Å². The van der Waals surface area contributed by atoms with Crippen LogP contribution in [-0.4, -0.2) is 5.11 Å². The van der Waals surface area contributed by atoms with Crippen molar-refractivity contribution < 1.29 is 5.11 Å². The Morgan fingerprint density at radius 1 is 0.850 bits per heavy atom. The molecule has 0 heterocycles. The molecule has 0 bridgehead atoms. The molecule has 2 rings (SSSR count). The van der Waals surface area contributed by atoms with Gasteiger partial charge in [-0.3, -0.25) is 0 Å². The summed E-state index contributed by atoms with van der Waals surface area (Å²) in [5.41, 5.74) is 2.08. The van der Waals surface area contributed by atoms with Gasteiger partial charge in [-0.2, -0.15) is 0 Å². The second-order valence-electron chi connectivity index (χ2n) is 6.39. The largest absolute Gasteiger partial charge is 0.508 e. The number of benzene rings is 2. The van der Waals surface area contributed by atoms with Crippen LogP contribution in [0.5, 0.6) is 5.75 Å². The van der Waals surface area contributed by atoms with E-state index < -0.39 is 0 Å². The highest BCUT2D eigenvalue weighted by Crippen LogP contribution is 2.51. The lowest BCUT2D eigenvalue weighted by Crippen LogP contribution is -2.40. The molecule has 1 N–H and O–H groups in total. The summed E-state index contributed by atoms with van der Waals surface area (Å²) in [5.74, 6) is 0.383. The van der Waals surface area contributed by atoms with Crippen molar-refractivity contribution in [3.8, 4) is 5.75 Å². The zero-order valence-electron chi connectivity index (χ0n) is 12.9. The zero-order valence-corrected chi connectivity index (χ0v) is 12.9. The Hall–Kier alpha value is -1.76. The number of para-hydroxylation sites is 1. The summed E-state index contributed by atoms with van der Waals surface area (Å²) in [4.78, 5) is 0. The minimum atomic E-state index is -0.195. The molecule has 0 saturated heterocycles. The van der Waals surface area contributed by atoms with Gasteiger partial charge in [-0.15, -0.1) is 0 Å². The predicted octanol–water partition coefficient (Wildman–Crippen LogP) is 5.13. The Kier molecular flexibility index (Phi) is 3.89. The number of aromatic hydroxyl groups is 1. The van der Waals surface area contributed by atoms with Gasteiger partial charge >= 0.3 is 0 Å². The van der Waals surface area contributed by atoms with Crippen molar-refractivity contribution in [2.45, 2.75) is 39.5 Å². The molecule has 0 aliphatic carbocycles. The molecular formula is C19H24O. The molecule has 0 fully saturated rings.